The Morgan fingerprint density at radius 3 is 2.09 bits per heavy atom. The minimum absolute atomic E-state index is 0.0255. The summed E-state index contributed by atoms with van der Waals surface area (Å²) >= 11 is 0. The number of aromatic amines is 1. The summed E-state index contributed by atoms with van der Waals surface area (Å²) in [5.41, 5.74) is 3.20. The fraction of sp³-hybridized carbons (Fsp3) is 0.148. The summed E-state index contributed by atoms with van der Waals surface area (Å²) < 4.78 is 1.47. The second kappa shape index (κ2) is 8.51. The number of carbonyl (C=O) groups excluding carboxylic acids is 1. The number of nitrogens with zero attached hydrogens (tertiary/aromatic N) is 3. The average molecular weight is 453 g/mol. The van der Waals surface area contributed by atoms with Crippen LogP contribution in [0.25, 0.3) is 5.69 Å². The average Bonchev–Trinajstić information content (AvgIpc) is 3.32. The summed E-state index contributed by atoms with van der Waals surface area (Å²) in [6.45, 7) is 3.60. The van der Waals surface area contributed by atoms with E-state index in [-0.39, 0.29) is 17.2 Å². The SMILES string of the molecule is CC1=NN(c2ccccc2)C(=O)C1C(c1ccccc1O)c1c(C)[nH]n(-c2ccccc2)c1=O. The Bertz CT molecular complexity index is 1440. The number of phenols is 1. The van der Waals surface area contributed by atoms with Gasteiger partial charge < -0.3 is 5.11 Å². The Kier molecular flexibility index (Phi) is 5.37. The molecule has 7 heteroatoms. The maximum atomic E-state index is 13.7. The summed E-state index contributed by atoms with van der Waals surface area (Å²) in [6.07, 6.45) is 0. The standard InChI is InChI=1S/C27H24N4O3/c1-17-23(26(33)30(28-17)19-11-5-3-6-12-19)25(21-15-9-10-16-22(21)32)24-18(2)29-31(27(24)34)20-13-7-4-8-14-20/h3-16,23,25,29,32H,1-2H3. The molecule has 0 spiro atoms. The monoisotopic (exact) mass is 452 g/mol. The van der Waals surface area contributed by atoms with Crippen LogP contribution in [0.3, 0.4) is 0 Å². The minimum atomic E-state index is -0.750. The van der Waals surface area contributed by atoms with Crippen LogP contribution in [0.5, 0.6) is 5.75 Å². The molecule has 1 amide bonds. The van der Waals surface area contributed by atoms with Crippen molar-refractivity contribution in [1.29, 1.82) is 0 Å². The van der Waals surface area contributed by atoms with Gasteiger partial charge in [0.2, 0.25) is 0 Å². The molecule has 1 aliphatic heterocycles. The highest BCUT2D eigenvalue weighted by Crippen LogP contribution is 2.41. The second-order valence-corrected chi connectivity index (χ2v) is 8.37. The van der Waals surface area contributed by atoms with Gasteiger partial charge in [0.15, 0.2) is 0 Å². The van der Waals surface area contributed by atoms with Gasteiger partial charge in [-0.05, 0) is 44.2 Å². The van der Waals surface area contributed by atoms with Crippen LogP contribution in [0.4, 0.5) is 5.69 Å². The van der Waals surface area contributed by atoms with E-state index >= 15 is 0 Å². The maximum Gasteiger partial charge on any atom is 0.275 e. The normalized spacial score (nSPS) is 16.5. The molecular formula is C27H24N4O3. The molecule has 2 N–H and O–H groups in total. The first-order valence-corrected chi connectivity index (χ1v) is 11.1. The molecular weight excluding hydrogens is 428 g/mol. The summed E-state index contributed by atoms with van der Waals surface area (Å²) in [6, 6.07) is 25.3. The van der Waals surface area contributed by atoms with Crippen LogP contribution < -0.4 is 10.6 Å². The lowest BCUT2D eigenvalue weighted by Crippen LogP contribution is -2.34. The molecule has 1 aromatic heterocycles. The van der Waals surface area contributed by atoms with Crippen LogP contribution >= 0.6 is 0 Å². The molecule has 2 unspecified atom stereocenters. The van der Waals surface area contributed by atoms with Crippen LogP contribution in [-0.2, 0) is 4.79 Å². The van der Waals surface area contributed by atoms with E-state index in [0.29, 0.717) is 33.9 Å². The van der Waals surface area contributed by atoms with Gasteiger partial charge in [0, 0.05) is 28.5 Å². The number of anilines is 1. The maximum absolute atomic E-state index is 13.7. The number of phenolic OH excluding ortho intramolecular Hbond substituents is 1. The van der Waals surface area contributed by atoms with Crippen molar-refractivity contribution in [3.05, 3.63) is 112 Å². The molecule has 7 nitrogen and oxygen atoms in total. The largest absolute Gasteiger partial charge is 0.508 e. The number of hydrogen-bond donors (Lipinski definition) is 2. The fourth-order valence-corrected chi connectivity index (χ4v) is 4.65. The zero-order valence-corrected chi connectivity index (χ0v) is 18.8. The zero-order chi connectivity index (χ0) is 23.8. The van der Waals surface area contributed by atoms with Crippen LogP contribution in [0.15, 0.2) is 94.8 Å². The van der Waals surface area contributed by atoms with Crippen LogP contribution in [0.2, 0.25) is 0 Å². The number of hydrazone groups is 1. The van der Waals surface area contributed by atoms with Gasteiger partial charge in [-0.15, -0.1) is 0 Å². The van der Waals surface area contributed by atoms with Gasteiger partial charge in [-0.25, -0.2) is 9.69 Å². The number of nitrogens with one attached hydrogen (secondary N) is 1. The van der Waals surface area contributed by atoms with Crippen molar-refractivity contribution in [2.75, 3.05) is 5.01 Å². The van der Waals surface area contributed by atoms with Gasteiger partial charge in [-0.1, -0.05) is 54.6 Å². The third kappa shape index (κ3) is 3.51. The first-order valence-electron chi connectivity index (χ1n) is 11.1. The molecule has 2 atom stereocenters. The number of aromatic nitrogens is 2. The number of para-hydroxylation sites is 3. The van der Waals surface area contributed by atoms with E-state index in [1.54, 1.807) is 31.2 Å². The molecule has 2 heterocycles. The number of benzene rings is 3. The lowest BCUT2D eigenvalue weighted by Gasteiger charge is -2.24. The molecule has 5 rings (SSSR count). The molecule has 34 heavy (non-hydrogen) atoms. The molecule has 1 aliphatic rings. The van der Waals surface area contributed by atoms with Crippen molar-refractivity contribution in [3.63, 3.8) is 0 Å². The Morgan fingerprint density at radius 1 is 0.853 bits per heavy atom. The smallest absolute Gasteiger partial charge is 0.275 e. The predicted molar refractivity (Wildman–Crippen MR) is 132 cm³/mol. The van der Waals surface area contributed by atoms with E-state index in [4.69, 9.17) is 0 Å². The molecule has 3 aromatic carbocycles. The van der Waals surface area contributed by atoms with E-state index in [2.05, 4.69) is 10.2 Å². The molecule has 0 aliphatic carbocycles. The van der Waals surface area contributed by atoms with Gasteiger partial charge >= 0.3 is 0 Å². The van der Waals surface area contributed by atoms with E-state index < -0.39 is 11.8 Å². The highest BCUT2D eigenvalue weighted by molar-refractivity contribution is 6.15. The highest BCUT2D eigenvalue weighted by Gasteiger charge is 2.44. The molecule has 170 valence electrons. The highest BCUT2D eigenvalue weighted by atomic mass is 16.3. The first kappa shape index (κ1) is 21.5. The quantitative estimate of drug-likeness (QED) is 0.472. The minimum Gasteiger partial charge on any atom is -0.508 e. The number of carbonyl (C=O) groups is 1. The number of amides is 1. The number of aromatic hydroxyl groups is 1. The third-order valence-corrected chi connectivity index (χ3v) is 6.23. The summed E-state index contributed by atoms with van der Waals surface area (Å²) in [5.74, 6) is -1.69. The topological polar surface area (TPSA) is 90.7 Å². The van der Waals surface area contributed by atoms with E-state index in [1.165, 1.54) is 9.69 Å². The third-order valence-electron chi connectivity index (χ3n) is 6.23. The zero-order valence-electron chi connectivity index (χ0n) is 18.8. The number of H-pyrrole nitrogens is 1. The summed E-state index contributed by atoms with van der Waals surface area (Å²) in [7, 11) is 0. The van der Waals surface area contributed by atoms with E-state index in [9.17, 15) is 14.7 Å². The predicted octanol–water partition coefficient (Wildman–Crippen LogP) is 4.35. The van der Waals surface area contributed by atoms with Crippen molar-refractivity contribution in [2.45, 2.75) is 19.8 Å². The molecule has 0 radical (unpaired) electrons. The van der Waals surface area contributed by atoms with E-state index in [1.807, 2.05) is 67.6 Å². The molecule has 0 bridgehead atoms. The van der Waals surface area contributed by atoms with Gasteiger partial charge in [0.1, 0.15) is 5.75 Å². The van der Waals surface area contributed by atoms with Crippen molar-refractivity contribution in [2.24, 2.45) is 11.0 Å². The van der Waals surface area contributed by atoms with Crippen molar-refractivity contribution in [3.8, 4) is 11.4 Å². The number of aryl methyl sites for hydroxylation is 1. The Morgan fingerprint density at radius 2 is 1.44 bits per heavy atom. The Balaban J connectivity index is 1.69. The number of rotatable bonds is 5. The van der Waals surface area contributed by atoms with Crippen LogP contribution in [0, 0.1) is 12.8 Å². The van der Waals surface area contributed by atoms with Crippen LogP contribution in [0.1, 0.15) is 29.7 Å². The van der Waals surface area contributed by atoms with Gasteiger partial charge in [0.25, 0.3) is 11.5 Å². The van der Waals surface area contributed by atoms with Crippen molar-refractivity contribution < 1.29 is 9.90 Å². The van der Waals surface area contributed by atoms with E-state index in [0.717, 1.165) is 0 Å². The molecule has 4 aromatic rings. The molecule has 0 fully saturated rings. The molecule has 0 saturated heterocycles. The lowest BCUT2D eigenvalue weighted by molar-refractivity contribution is -0.120. The first-order chi connectivity index (χ1) is 16.5. The van der Waals surface area contributed by atoms with Gasteiger partial charge in [0.05, 0.1) is 17.3 Å². The summed E-state index contributed by atoms with van der Waals surface area (Å²) in [4.78, 5) is 27.4. The van der Waals surface area contributed by atoms with Crippen molar-refractivity contribution >= 4 is 17.3 Å². The van der Waals surface area contributed by atoms with Gasteiger partial charge in [-0.3, -0.25) is 14.7 Å². The second-order valence-electron chi connectivity index (χ2n) is 8.37. The number of hydrogen-bond acceptors (Lipinski definition) is 4. The Labute approximate surface area is 196 Å². The van der Waals surface area contributed by atoms with Crippen LogP contribution in [-0.4, -0.2) is 26.5 Å². The van der Waals surface area contributed by atoms with Crippen molar-refractivity contribution in [1.82, 2.24) is 9.78 Å². The Hall–Kier alpha value is -4.39. The van der Waals surface area contributed by atoms with Gasteiger partial charge in [-0.2, -0.15) is 5.10 Å². The summed E-state index contributed by atoms with van der Waals surface area (Å²) in [5, 5.41) is 19.9. The fourth-order valence-electron chi connectivity index (χ4n) is 4.65. The lowest BCUT2D eigenvalue weighted by atomic mass is 9.78. The molecule has 0 saturated carbocycles.